The monoisotopic (exact) mass is 344 g/mol. The number of nitrogens with zero attached hydrogens (tertiary/aromatic N) is 1. The maximum Gasteiger partial charge on any atom is 0.303 e. The number of hydrogen-bond donors (Lipinski definition) is 2. The highest BCUT2D eigenvalue weighted by Crippen LogP contribution is 2.21. The molecule has 132 valence electrons. The summed E-state index contributed by atoms with van der Waals surface area (Å²) >= 11 is 0. The molecule has 2 rings (SSSR count). The van der Waals surface area contributed by atoms with Crippen LogP contribution in [0.5, 0.6) is 0 Å². The summed E-state index contributed by atoms with van der Waals surface area (Å²) in [7, 11) is 1.56. The molecule has 2 amide bonds. The largest absolute Gasteiger partial charge is 0.481 e. The predicted octanol–water partition coefficient (Wildman–Crippen LogP) is 2.40. The van der Waals surface area contributed by atoms with E-state index in [2.05, 4.69) is 5.32 Å². The number of nitrogens with one attached hydrogen (secondary N) is 1. The molecular weight excluding hydrogens is 324 g/mol. The first kappa shape index (κ1) is 18.3. The Morgan fingerprint density at radius 3 is 2.56 bits per heavy atom. The van der Waals surface area contributed by atoms with Crippen molar-refractivity contribution in [2.45, 2.75) is 13.3 Å². The number of para-hydroxylation sites is 1. The molecule has 0 spiro atoms. The minimum Gasteiger partial charge on any atom is -0.481 e. The van der Waals surface area contributed by atoms with Gasteiger partial charge in [-0.15, -0.1) is 0 Å². The van der Waals surface area contributed by atoms with Gasteiger partial charge < -0.3 is 19.7 Å². The average molecular weight is 344 g/mol. The lowest BCUT2D eigenvalue weighted by Crippen LogP contribution is -2.32. The molecule has 0 saturated carbocycles. The lowest BCUT2D eigenvalue weighted by atomic mass is 10.1. The zero-order valence-corrected chi connectivity index (χ0v) is 14.1. The van der Waals surface area contributed by atoms with Gasteiger partial charge in [-0.1, -0.05) is 19.1 Å². The van der Waals surface area contributed by atoms with Gasteiger partial charge >= 0.3 is 5.97 Å². The Bertz CT molecular complexity index is 755. The van der Waals surface area contributed by atoms with Gasteiger partial charge in [0.15, 0.2) is 5.76 Å². The first-order valence-corrected chi connectivity index (χ1v) is 7.80. The molecule has 0 aliphatic heterocycles. The van der Waals surface area contributed by atoms with Crippen LogP contribution in [0.25, 0.3) is 0 Å². The normalized spacial score (nSPS) is 11.6. The lowest BCUT2D eigenvalue weighted by Gasteiger charge is -2.20. The van der Waals surface area contributed by atoms with E-state index in [1.807, 2.05) is 0 Å². The van der Waals surface area contributed by atoms with Gasteiger partial charge in [0.2, 0.25) is 0 Å². The highest BCUT2D eigenvalue weighted by molar-refractivity contribution is 6.09. The highest BCUT2D eigenvalue weighted by atomic mass is 16.4. The molecule has 0 saturated heterocycles. The summed E-state index contributed by atoms with van der Waals surface area (Å²) in [5.74, 6) is -1.67. The van der Waals surface area contributed by atoms with Crippen molar-refractivity contribution in [1.29, 1.82) is 0 Å². The number of furan rings is 1. The molecule has 0 radical (unpaired) electrons. The first-order valence-electron chi connectivity index (χ1n) is 7.80. The second-order valence-electron chi connectivity index (χ2n) is 5.77. The Labute approximate surface area is 145 Å². The fraction of sp³-hybridized carbons (Fsp3) is 0.278. The quantitative estimate of drug-likeness (QED) is 0.803. The predicted molar refractivity (Wildman–Crippen MR) is 91.6 cm³/mol. The van der Waals surface area contributed by atoms with Crippen molar-refractivity contribution in [2.24, 2.45) is 5.92 Å². The number of anilines is 1. The number of carbonyl (C=O) groups is 3. The van der Waals surface area contributed by atoms with Crippen LogP contribution in [0.1, 0.15) is 34.3 Å². The smallest absolute Gasteiger partial charge is 0.303 e. The molecule has 1 aromatic heterocycles. The fourth-order valence-corrected chi connectivity index (χ4v) is 2.37. The summed E-state index contributed by atoms with van der Waals surface area (Å²) in [4.78, 5) is 36.9. The second kappa shape index (κ2) is 8.14. The third-order valence-corrected chi connectivity index (χ3v) is 3.68. The van der Waals surface area contributed by atoms with E-state index in [1.54, 1.807) is 50.4 Å². The van der Waals surface area contributed by atoms with Crippen LogP contribution in [0.3, 0.4) is 0 Å². The van der Waals surface area contributed by atoms with Crippen molar-refractivity contribution >= 4 is 23.5 Å². The molecule has 0 aliphatic carbocycles. The Kier molecular flexibility index (Phi) is 5.94. The van der Waals surface area contributed by atoms with Crippen molar-refractivity contribution in [3.8, 4) is 0 Å². The Morgan fingerprint density at radius 2 is 1.92 bits per heavy atom. The molecule has 1 atom stereocenters. The van der Waals surface area contributed by atoms with E-state index in [4.69, 9.17) is 9.52 Å². The summed E-state index contributed by atoms with van der Waals surface area (Å²) in [6.45, 7) is 1.97. The maximum atomic E-state index is 12.4. The SMILES string of the molecule is CC(CNC(=O)c1ccccc1N(C)C(=O)c1ccco1)CC(=O)O. The molecule has 7 heteroatoms. The molecule has 1 aromatic carbocycles. The van der Waals surface area contributed by atoms with Crippen molar-refractivity contribution < 1.29 is 23.9 Å². The zero-order chi connectivity index (χ0) is 18.4. The maximum absolute atomic E-state index is 12.4. The van der Waals surface area contributed by atoms with E-state index >= 15 is 0 Å². The fourth-order valence-electron chi connectivity index (χ4n) is 2.37. The van der Waals surface area contributed by atoms with Crippen molar-refractivity contribution in [3.63, 3.8) is 0 Å². The van der Waals surface area contributed by atoms with Gasteiger partial charge in [-0.2, -0.15) is 0 Å². The number of carbonyl (C=O) groups excluding carboxylic acids is 2. The van der Waals surface area contributed by atoms with Crippen LogP contribution in [0.15, 0.2) is 47.1 Å². The van der Waals surface area contributed by atoms with Crippen LogP contribution in [-0.2, 0) is 4.79 Å². The molecule has 2 aromatic rings. The van der Waals surface area contributed by atoms with E-state index in [0.29, 0.717) is 11.3 Å². The van der Waals surface area contributed by atoms with Gasteiger partial charge in [-0.25, -0.2) is 0 Å². The van der Waals surface area contributed by atoms with Crippen LogP contribution < -0.4 is 10.2 Å². The minimum absolute atomic E-state index is 0.0290. The van der Waals surface area contributed by atoms with E-state index in [0.717, 1.165) is 0 Å². The Hall–Kier alpha value is -3.09. The van der Waals surface area contributed by atoms with Gasteiger partial charge in [0.05, 0.1) is 17.5 Å². The van der Waals surface area contributed by atoms with Crippen LogP contribution >= 0.6 is 0 Å². The molecule has 1 heterocycles. The highest BCUT2D eigenvalue weighted by Gasteiger charge is 2.21. The van der Waals surface area contributed by atoms with Gasteiger partial charge in [0.25, 0.3) is 11.8 Å². The summed E-state index contributed by atoms with van der Waals surface area (Å²) in [5.41, 5.74) is 0.764. The molecule has 0 bridgehead atoms. The van der Waals surface area contributed by atoms with E-state index in [1.165, 1.54) is 11.2 Å². The number of carboxylic acid groups (broad SMARTS) is 1. The third-order valence-electron chi connectivity index (χ3n) is 3.68. The molecule has 2 N–H and O–H groups in total. The average Bonchev–Trinajstić information content (AvgIpc) is 3.12. The number of hydrogen-bond acceptors (Lipinski definition) is 4. The van der Waals surface area contributed by atoms with Crippen LogP contribution in [0.4, 0.5) is 5.69 Å². The van der Waals surface area contributed by atoms with E-state index in [-0.39, 0.29) is 36.5 Å². The standard InChI is InChI=1S/C18H20N2O5/c1-12(10-16(21)22)11-19-17(23)13-6-3-4-7-14(13)20(2)18(24)15-8-5-9-25-15/h3-9,12H,10-11H2,1-2H3,(H,19,23)(H,21,22). The van der Waals surface area contributed by atoms with Gasteiger partial charge in [-0.3, -0.25) is 14.4 Å². The molecule has 25 heavy (non-hydrogen) atoms. The van der Waals surface area contributed by atoms with Gasteiger partial charge in [0.1, 0.15) is 0 Å². The van der Waals surface area contributed by atoms with Gasteiger partial charge in [0, 0.05) is 20.0 Å². The number of carboxylic acids is 1. The summed E-state index contributed by atoms with van der Waals surface area (Å²) in [5, 5.41) is 11.5. The molecular formula is C18H20N2O5. The van der Waals surface area contributed by atoms with Crippen molar-refractivity contribution in [3.05, 3.63) is 54.0 Å². The lowest BCUT2D eigenvalue weighted by molar-refractivity contribution is -0.137. The summed E-state index contributed by atoms with van der Waals surface area (Å²) in [6, 6.07) is 9.86. The van der Waals surface area contributed by atoms with Gasteiger partial charge in [-0.05, 0) is 30.2 Å². The number of amides is 2. The van der Waals surface area contributed by atoms with Crippen molar-refractivity contribution in [1.82, 2.24) is 5.32 Å². The molecule has 1 unspecified atom stereocenters. The summed E-state index contributed by atoms with van der Waals surface area (Å²) < 4.78 is 5.11. The molecule has 0 aliphatic rings. The van der Waals surface area contributed by atoms with E-state index in [9.17, 15) is 14.4 Å². The Balaban J connectivity index is 2.13. The number of rotatable bonds is 7. The van der Waals surface area contributed by atoms with Crippen LogP contribution in [0.2, 0.25) is 0 Å². The van der Waals surface area contributed by atoms with E-state index < -0.39 is 5.97 Å². The van der Waals surface area contributed by atoms with Crippen molar-refractivity contribution in [2.75, 3.05) is 18.5 Å². The zero-order valence-electron chi connectivity index (χ0n) is 14.1. The van der Waals surface area contributed by atoms with Crippen LogP contribution in [-0.4, -0.2) is 36.5 Å². The molecule has 0 fully saturated rings. The molecule has 7 nitrogen and oxygen atoms in total. The number of benzene rings is 1. The third kappa shape index (κ3) is 4.69. The topological polar surface area (TPSA) is 99.9 Å². The Morgan fingerprint density at radius 1 is 1.20 bits per heavy atom. The number of aliphatic carboxylic acids is 1. The second-order valence-corrected chi connectivity index (χ2v) is 5.77. The van der Waals surface area contributed by atoms with Crippen LogP contribution in [0, 0.1) is 5.92 Å². The summed E-state index contributed by atoms with van der Waals surface area (Å²) in [6.07, 6.45) is 1.38. The first-order chi connectivity index (χ1) is 11.9. The minimum atomic E-state index is -0.911.